The van der Waals surface area contributed by atoms with Gasteiger partial charge in [0.2, 0.25) is 5.95 Å². The summed E-state index contributed by atoms with van der Waals surface area (Å²) in [6.45, 7) is 2.31. The maximum Gasteiger partial charge on any atom is 0.257 e. The molecule has 0 radical (unpaired) electrons. The normalized spacial score (nSPS) is 14.2. The minimum Gasteiger partial charge on any atom is -0.294 e. The third-order valence-electron chi connectivity index (χ3n) is 4.65. The molecule has 4 rings (SSSR count). The summed E-state index contributed by atoms with van der Waals surface area (Å²) in [5.74, 6) is 0.369. The van der Waals surface area contributed by atoms with Crippen LogP contribution in [0.1, 0.15) is 22.4 Å². The number of benzene rings is 2. The average molecular weight is 438 g/mol. The van der Waals surface area contributed by atoms with Gasteiger partial charge < -0.3 is 0 Å². The quantitative estimate of drug-likeness (QED) is 0.472. The molecule has 0 aliphatic carbocycles. The molecule has 1 aromatic heterocycles. The first-order chi connectivity index (χ1) is 13.7. The topological polar surface area (TPSA) is 73.4 Å². The molecule has 0 bridgehead atoms. The lowest BCUT2D eigenvalue weighted by atomic mass is 10.1. The molecule has 28 heavy (non-hydrogen) atoms. The summed E-state index contributed by atoms with van der Waals surface area (Å²) in [5, 5.41) is 4.17. The zero-order valence-electron chi connectivity index (χ0n) is 15.2. The number of hydrazone groups is 1. The largest absolute Gasteiger partial charge is 0.294 e. The number of hydrogen-bond acceptors (Lipinski definition) is 5. The fourth-order valence-corrected chi connectivity index (χ4v) is 3.49. The van der Waals surface area contributed by atoms with E-state index in [-0.39, 0.29) is 5.56 Å². The molecule has 1 aliphatic rings. The molecule has 6 nitrogen and oxygen atoms in total. The molecule has 2 heterocycles. The highest BCUT2D eigenvalue weighted by Gasteiger charge is 2.21. The molecule has 3 aromatic rings. The van der Waals surface area contributed by atoms with E-state index in [1.165, 1.54) is 5.56 Å². The van der Waals surface area contributed by atoms with E-state index >= 15 is 0 Å². The second-order valence-corrected chi connectivity index (χ2v) is 7.62. The van der Waals surface area contributed by atoms with E-state index in [1.807, 2.05) is 42.5 Å². The van der Waals surface area contributed by atoms with Crippen LogP contribution in [0.2, 0.25) is 0 Å². The third-order valence-corrected chi connectivity index (χ3v) is 5.18. The minimum absolute atomic E-state index is 0.107. The standard InChI is InChI=1S/C21H20BrN5O/c22-17-8-6-15(7-9-17)12-23-26-21-24-19-10-11-27(14-18(19)20(28)25-21)13-16-4-2-1-3-5-16/h1-9,12H,10-11,13-14H2,(H2,24,25,26,28)/b23-12-. The number of anilines is 1. The van der Waals surface area contributed by atoms with Gasteiger partial charge in [0, 0.05) is 30.5 Å². The predicted molar refractivity (Wildman–Crippen MR) is 114 cm³/mol. The Morgan fingerprint density at radius 2 is 1.96 bits per heavy atom. The van der Waals surface area contributed by atoms with Crippen LogP contribution < -0.4 is 11.0 Å². The lowest BCUT2D eigenvalue weighted by Crippen LogP contribution is -2.35. The molecular weight excluding hydrogens is 418 g/mol. The number of hydrogen-bond donors (Lipinski definition) is 2. The molecule has 0 saturated carbocycles. The number of aromatic amines is 1. The molecule has 0 unspecified atom stereocenters. The van der Waals surface area contributed by atoms with Crippen molar-refractivity contribution < 1.29 is 0 Å². The van der Waals surface area contributed by atoms with Gasteiger partial charge in [-0.1, -0.05) is 58.4 Å². The number of aromatic nitrogens is 2. The van der Waals surface area contributed by atoms with E-state index < -0.39 is 0 Å². The van der Waals surface area contributed by atoms with Crippen LogP contribution in [0.15, 0.2) is 69.0 Å². The Bertz CT molecular complexity index is 1030. The van der Waals surface area contributed by atoms with Crippen molar-refractivity contribution in [3.63, 3.8) is 0 Å². The van der Waals surface area contributed by atoms with Crippen molar-refractivity contribution in [2.75, 3.05) is 12.0 Å². The first-order valence-corrected chi connectivity index (χ1v) is 9.90. The second kappa shape index (κ2) is 8.50. The molecular formula is C21H20BrN5O. The van der Waals surface area contributed by atoms with Crippen LogP contribution in [0.5, 0.6) is 0 Å². The number of H-pyrrole nitrogens is 1. The summed E-state index contributed by atoms with van der Waals surface area (Å²) in [5.41, 5.74) is 6.50. The summed E-state index contributed by atoms with van der Waals surface area (Å²) in [7, 11) is 0. The molecule has 2 aromatic carbocycles. The van der Waals surface area contributed by atoms with Crippen molar-refractivity contribution in [2.45, 2.75) is 19.5 Å². The summed E-state index contributed by atoms with van der Waals surface area (Å²) in [6.07, 6.45) is 2.44. The number of halogens is 1. The summed E-state index contributed by atoms with van der Waals surface area (Å²) >= 11 is 3.40. The predicted octanol–water partition coefficient (Wildman–Crippen LogP) is 3.54. The van der Waals surface area contributed by atoms with Crippen molar-refractivity contribution in [1.82, 2.24) is 14.9 Å². The SMILES string of the molecule is O=c1[nH]c(N/N=C\c2ccc(Br)cc2)nc2c1CN(Cc1ccccc1)CC2. The first kappa shape index (κ1) is 18.6. The summed E-state index contributed by atoms with van der Waals surface area (Å²) in [4.78, 5) is 22.1. The van der Waals surface area contributed by atoms with Gasteiger partial charge in [-0.2, -0.15) is 5.10 Å². The van der Waals surface area contributed by atoms with Crippen molar-refractivity contribution in [2.24, 2.45) is 5.10 Å². The van der Waals surface area contributed by atoms with Gasteiger partial charge in [0.15, 0.2) is 0 Å². The summed E-state index contributed by atoms with van der Waals surface area (Å²) < 4.78 is 1.01. The maximum absolute atomic E-state index is 12.5. The van der Waals surface area contributed by atoms with Crippen LogP contribution in [-0.2, 0) is 19.5 Å². The maximum atomic E-state index is 12.5. The number of rotatable bonds is 5. The van der Waals surface area contributed by atoms with Crippen molar-refractivity contribution in [1.29, 1.82) is 0 Å². The lowest BCUT2D eigenvalue weighted by Gasteiger charge is -2.27. The van der Waals surface area contributed by atoms with Crippen LogP contribution in [0, 0.1) is 0 Å². The van der Waals surface area contributed by atoms with Crippen molar-refractivity contribution >= 4 is 28.1 Å². The fourth-order valence-electron chi connectivity index (χ4n) is 3.23. The Morgan fingerprint density at radius 3 is 2.75 bits per heavy atom. The Labute approximate surface area is 171 Å². The van der Waals surface area contributed by atoms with Crippen LogP contribution in [-0.4, -0.2) is 27.6 Å². The van der Waals surface area contributed by atoms with Gasteiger partial charge in [0.05, 0.1) is 17.5 Å². The van der Waals surface area contributed by atoms with Gasteiger partial charge >= 0.3 is 0 Å². The highest BCUT2D eigenvalue weighted by Crippen LogP contribution is 2.17. The molecule has 0 amide bonds. The molecule has 142 valence electrons. The highest BCUT2D eigenvalue weighted by atomic mass is 79.9. The smallest absolute Gasteiger partial charge is 0.257 e. The molecule has 0 saturated heterocycles. The highest BCUT2D eigenvalue weighted by molar-refractivity contribution is 9.10. The number of nitrogens with one attached hydrogen (secondary N) is 2. The zero-order valence-corrected chi connectivity index (χ0v) is 16.8. The average Bonchev–Trinajstić information content (AvgIpc) is 2.71. The first-order valence-electron chi connectivity index (χ1n) is 9.10. The van der Waals surface area contributed by atoms with E-state index in [1.54, 1.807) is 6.21 Å². The van der Waals surface area contributed by atoms with Gasteiger partial charge in [-0.3, -0.25) is 14.7 Å². The van der Waals surface area contributed by atoms with E-state index in [2.05, 4.69) is 53.5 Å². The van der Waals surface area contributed by atoms with Crippen LogP contribution in [0.3, 0.4) is 0 Å². The molecule has 2 N–H and O–H groups in total. The second-order valence-electron chi connectivity index (χ2n) is 6.71. The van der Waals surface area contributed by atoms with E-state index in [4.69, 9.17) is 0 Å². The molecule has 0 spiro atoms. The van der Waals surface area contributed by atoms with Crippen LogP contribution in [0.25, 0.3) is 0 Å². The van der Waals surface area contributed by atoms with Gasteiger partial charge in [-0.15, -0.1) is 0 Å². The van der Waals surface area contributed by atoms with Gasteiger partial charge in [-0.25, -0.2) is 10.4 Å². The van der Waals surface area contributed by atoms with Gasteiger partial charge in [0.25, 0.3) is 5.56 Å². The Hall–Kier alpha value is -2.77. The lowest BCUT2D eigenvalue weighted by molar-refractivity contribution is 0.242. The Kier molecular flexibility index (Phi) is 5.64. The molecule has 7 heteroatoms. The third kappa shape index (κ3) is 4.55. The van der Waals surface area contributed by atoms with Crippen molar-refractivity contribution in [3.8, 4) is 0 Å². The van der Waals surface area contributed by atoms with E-state index in [0.717, 1.165) is 40.8 Å². The summed E-state index contributed by atoms with van der Waals surface area (Å²) in [6, 6.07) is 18.1. The monoisotopic (exact) mass is 437 g/mol. The van der Waals surface area contributed by atoms with Gasteiger partial charge in [-0.05, 0) is 23.3 Å². The van der Waals surface area contributed by atoms with Crippen molar-refractivity contribution in [3.05, 3.63) is 91.8 Å². The van der Waals surface area contributed by atoms with Crippen LogP contribution in [0.4, 0.5) is 5.95 Å². The number of nitrogens with zero attached hydrogens (tertiary/aromatic N) is 3. The Morgan fingerprint density at radius 1 is 1.18 bits per heavy atom. The molecule has 0 atom stereocenters. The molecule has 0 fully saturated rings. The fraction of sp³-hybridized carbons (Fsp3) is 0.190. The minimum atomic E-state index is -0.107. The molecule has 1 aliphatic heterocycles. The van der Waals surface area contributed by atoms with E-state index in [0.29, 0.717) is 12.5 Å². The van der Waals surface area contributed by atoms with E-state index in [9.17, 15) is 4.79 Å². The van der Waals surface area contributed by atoms with Crippen LogP contribution >= 0.6 is 15.9 Å². The number of fused-ring (bicyclic) bond motifs is 1. The van der Waals surface area contributed by atoms with Gasteiger partial charge in [0.1, 0.15) is 0 Å². The zero-order chi connectivity index (χ0) is 19.3. The Balaban J connectivity index is 1.44.